The van der Waals surface area contributed by atoms with Gasteiger partial charge in [0.15, 0.2) is 11.9 Å². The number of amides is 2. The highest BCUT2D eigenvalue weighted by molar-refractivity contribution is 5.89. The first-order chi connectivity index (χ1) is 31.3. The van der Waals surface area contributed by atoms with E-state index in [1.54, 1.807) is 0 Å². The van der Waals surface area contributed by atoms with Crippen molar-refractivity contribution in [2.75, 3.05) is 26.2 Å². The molecule has 11 atom stereocenters. The molecule has 0 aromatic carbocycles. The standard InChI is InChI=1S/C51H92N10O5/c1-33(2)13-10-14-34(3)39-21-22-40-38-20-19-36-32-37(23-25-50(36,4)41(38)24-26-51(39,40)5)66-45(63)18-7-9-27-58-46(64)35(31-44(62)42(52)16-11-29-60-48(54)55)15-6-8-28-59-47(65)43(53)17-12-30-61-49(56)57/h19,33-35,37-43H,6-18,20-32,52-53H2,1-5H3,(H,58,64)(H,59,65)(H4,54,55,60)(H4,56,57,61). The van der Waals surface area contributed by atoms with Gasteiger partial charge in [-0.15, -0.1) is 0 Å². The smallest absolute Gasteiger partial charge is 0.306 e. The SMILES string of the molecule is CC(C)CCCC(C)C1CCC2C3CC=C4CC(OC(=O)CCCCNC(=O)C(CCCCNC(=O)C(N)CCCN=C(N)N)CC(=O)C(N)CCCN=C(N)N)CCC4(C)C3CCC12C. The topological polar surface area (TPSA) is 282 Å². The molecule has 3 fully saturated rings. The molecule has 3 saturated carbocycles. The number of hydrogen-bond acceptors (Lipinski definition) is 9. The zero-order chi connectivity index (χ0) is 48.4. The van der Waals surface area contributed by atoms with Crippen molar-refractivity contribution in [2.24, 2.45) is 96.6 Å². The molecule has 66 heavy (non-hydrogen) atoms. The number of hydrogen-bond donors (Lipinski definition) is 8. The molecular formula is C51H92N10O5. The van der Waals surface area contributed by atoms with E-state index >= 15 is 0 Å². The number of Topliss-reactive ketones (excluding diaryl/α,β-unsaturated/α-hetero) is 1. The van der Waals surface area contributed by atoms with Crippen molar-refractivity contribution in [3.8, 4) is 0 Å². The highest BCUT2D eigenvalue weighted by atomic mass is 16.5. The second-order valence-electron chi connectivity index (χ2n) is 21.7. The molecule has 4 rings (SSSR count). The molecule has 0 aromatic rings. The van der Waals surface area contributed by atoms with Gasteiger partial charge in [-0.1, -0.05) is 72.0 Å². The fourth-order valence-electron chi connectivity index (χ4n) is 12.7. The number of carbonyl (C=O) groups is 4. The summed E-state index contributed by atoms with van der Waals surface area (Å²) in [6, 6.07) is -1.41. The van der Waals surface area contributed by atoms with E-state index in [1.165, 1.54) is 56.9 Å². The third-order valence-electron chi connectivity index (χ3n) is 16.4. The van der Waals surface area contributed by atoms with E-state index in [1.807, 2.05) is 0 Å². The van der Waals surface area contributed by atoms with E-state index in [2.05, 4.69) is 61.3 Å². The van der Waals surface area contributed by atoms with Gasteiger partial charge in [-0.05, 0) is 143 Å². The molecule has 11 unspecified atom stereocenters. The number of guanidine groups is 2. The Balaban J connectivity index is 1.20. The van der Waals surface area contributed by atoms with Crippen molar-refractivity contribution in [3.05, 3.63) is 11.6 Å². The summed E-state index contributed by atoms with van der Waals surface area (Å²) in [7, 11) is 0. The number of unbranched alkanes of at least 4 members (excludes halogenated alkanes) is 2. The number of ether oxygens (including phenoxy) is 1. The Morgan fingerprint density at radius 2 is 1.38 bits per heavy atom. The molecule has 0 saturated heterocycles. The summed E-state index contributed by atoms with van der Waals surface area (Å²) in [5, 5.41) is 5.85. The molecule has 0 aliphatic heterocycles. The number of rotatable bonds is 29. The maximum absolute atomic E-state index is 13.5. The van der Waals surface area contributed by atoms with Crippen molar-refractivity contribution >= 4 is 35.5 Å². The average molecular weight is 925 g/mol. The van der Waals surface area contributed by atoms with Crippen LogP contribution in [0, 0.1) is 52.3 Å². The van der Waals surface area contributed by atoms with Crippen LogP contribution < -0.4 is 45.0 Å². The summed E-state index contributed by atoms with van der Waals surface area (Å²) >= 11 is 0. The van der Waals surface area contributed by atoms with E-state index < -0.39 is 18.0 Å². The Bertz CT molecular complexity index is 1660. The van der Waals surface area contributed by atoms with Gasteiger partial charge in [0, 0.05) is 51.4 Å². The predicted molar refractivity (Wildman–Crippen MR) is 266 cm³/mol. The van der Waals surface area contributed by atoms with Gasteiger partial charge in [0.05, 0.1) is 12.1 Å². The van der Waals surface area contributed by atoms with E-state index in [0.717, 1.165) is 54.8 Å². The third-order valence-corrected chi connectivity index (χ3v) is 16.4. The predicted octanol–water partition coefficient (Wildman–Crippen LogP) is 5.85. The van der Waals surface area contributed by atoms with Gasteiger partial charge in [0.1, 0.15) is 11.9 Å². The second-order valence-corrected chi connectivity index (χ2v) is 21.7. The fraction of sp³-hybridized carbons (Fsp3) is 0.843. The number of esters is 1. The minimum absolute atomic E-state index is 0.000584. The molecule has 4 aliphatic rings. The van der Waals surface area contributed by atoms with Crippen LogP contribution in [0.5, 0.6) is 0 Å². The zero-order valence-electron chi connectivity index (χ0n) is 41.6. The molecular weight excluding hydrogens is 833 g/mol. The molecule has 15 nitrogen and oxygen atoms in total. The Kier molecular flexibility index (Phi) is 22.2. The summed E-state index contributed by atoms with van der Waals surface area (Å²) in [4.78, 5) is 60.0. The Labute approximate surface area is 397 Å². The third kappa shape index (κ3) is 16.2. The van der Waals surface area contributed by atoms with Gasteiger partial charge in [0.25, 0.3) is 0 Å². The van der Waals surface area contributed by atoms with Crippen LogP contribution >= 0.6 is 0 Å². The summed E-state index contributed by atoms with van der Waals surface area (Å²) < 4.78 is 6.11. The molecule has 0 aromatic heterocycles. The maximum Gasteiger partial charge on any atom is 0.306 e. The van der Waals surface area contributed by atoms with E-state index in [4.69, 9.17) is 39.1 Å². The number of nitrogens with one attached hydrogen (secondary N) is 2. The lowest BCUT2D eigenvalue weighted by atomic mass is 9.47. The van der Waals surface area contributed by atoms with Gasteiger partial charge in [-0.3, -0.25) is 29.2 Å². The first kappa shape index (κ1) is 54.9. The lowest BCUT2D eigenvalue weighted by molar-refractivity contribution is -0.151. The molecule has 4 aliphatic carbocycles. The normalized spacial score (nSPS) is 27.5. The first-order valence-corrected chi connectivity index (χ1v) is 25.9. The summed E-state index contributed by atoms with van der Waals surface area (Å²) in [5.74, 6) is 3.33. The van der Waals surface area contributed by atoms with Crippen molar-refractivity contribution in [1.82, 2.24) is 10.6 Å². The lowest BCUT2D eigenvalue weighted by Crippen LogP contribution is -2.51. The Morgan fingerprint density at radius 1 is 0.727 bits per heavy atom. The fourth-order valence-corrected chi connectivity index (χ4v) is 12.7. The minimum Gasteiger partial charge on any atom is -0.462 e. The molecule has 15 heteroatoms. The number of carbonyl (C=O) groups excluding carboxylic acids is 4. The Hall–Kier alpha value is -3.72. The van der Waals surface area contributed by atoms with Crippen LogP contribution in [0.15, 0.2) is 21.6 Å². The number of nitrogens with two attached hydrogens (primary N) is 6. The van der Waals surface area contributed by atoms with E-state index in [-0.39, 0.29) is 53.4 Å². The van der Waals surface area contributed by atoms with Gasteiger partial charge in [-0.2, -0.15) is 0 Å². The second kappa shape index (κ2) is 26.7. The zero-order valence-corrected chi connectivity index (χ0v) is 41.6. The van der Waals surface area contributed by atoms with Crippen LogP contribution in [-0.4, -0.2) is 79.9 Å². The number of ketones is 1. The van der Waals surface area contributed by atoms with Gasteiger partial charge in [0.2, 0.25) is 11.8 Å². The van der Waals surface area contributed by atoms with E-state index in [9.17, 15) is 19.2 Å². The number of fused-ring (bicyclic) bond motifs is 5. The number of nitrogens with zero attached hydrogens (tertiary/aromatic N) is 2. The summed E-state index contributed by atoms with van der Waals surface area (Å²) in [6.07, 6.45) is 21.2. The monoisotopic (exact) mass is 925 g/mol. The van der Waals surface area contributed by atoms with Crippen LogP contribution in [0.2, 0.25) is 0 Å². The van der Waals surface area contributed by atoms with E-state index in [0.29, 0.717) is 95.8 Å². The maximum atomic E-state index is 13.5. The average Bonchev–Trinajstić information content (AvgIpc) is 3.62. The first-order valence-electron chi connectivity index (χ1n) is 25.9. The molecule has 0 radical (unpaired) electrons. The van der Waals surface area contributed by atoms with Crippen LogP contribution in [0.25, 0.3) is 0 Å². The van der Waals surface area contributed by atoms with Crippen molar-refractivity contribution < 1.29 is 23.9 Å². The molecule has 0 bridgehead atoms. The largest absolute Gasteiger partial charge is 0.462 e. The molecule has 376 valence electrons. The van der Waals surface area contributed by atoms with Crippen LogP contribution in [-0.2, 0) is 23.9 Å². The van der Waals surface area contributed by atoms with Gasteiger partial charge in [-0.25, -0.2) is 0 Å². The van der Waals surface area contributed by atoms with Crippen molar-refractivity contribution in [1.29, 1.82) is 0 Å². The molecule has 0 heterocycles. The number of aliphatic imine (C=N–C) groups is 2. The lowest BCUT2D eigenvalue weighted by Gasteiger charge is -2.58. The summed E-state index contributed by atoms with van der Waals surface area (Å²) in [6.45, 7) is 14.0. The highest BCUT2D eigenvalue weighted by Crippen LogP contribution is 2.67. The minimum atomic E-state index is -0.737. The molecule has 2 amide bonds. The highest BCUT2D eigenvalue weighted by Gasteiger charge is 2.59. The summed E-state index contributed by atoms with van der Waals surface area (Å²) in [5.41, 5.74) is 35.9. The van der Waals surface area contributed by atoms with Crippen LogP contribution in [0.4, 0.5) is 0 Å². The van der Waals surface area contributed by atoms with Gasteiger partial charge >= 0.3 is 5.97 Å². The van der Waals surface area contributed by atoms with Gasteiger partial charge < -0.3 is 49.8 Å². The molecule has 14 N–H and O–H groups in total. The molecule has 0 spiro atoms. The quantitative estimate of drug-likeness (QED) is 0.0145. The van der Waals surface area contributed by atoms with Crippen LogP contribution in [0.1, 0.15) is 176 Å². The number of allylic oxidation sites excluding steroid dienone is 1. The van der Waals surface area contributed by atoms with Crippen molar-refractivity contribution in [2.45, 2.75) is 194 Å². The van der Waals surface area contributed by atoms with Crippen molar-refractivity contribution in [3.63, 3.8) is 0 Å². The Morgan fingerprint density at radius 3 is 2.05 bits per heavy atom. The van der Waals surface area contributed by atoms with Crippen LogP contribution in [0.3, 0.4) is 0 Å².